The van der Waals surface area contributed by atoms with Gasteiger partial charge in [-0.2, -0.15) is 0 Å². The van der Waals surface area contributed by atoms with Gasteiger partial charge in [0.2, 0.25) is 10.0 Å². The molecule has 154 valence electrons. The van der Waals surface area contributed by atoms with Gasteiger partial charge in [-0.3, -0.25) is 4.79 Å². The quantitative estimate of drug-likeness (QED) is 0.420. The summed E-state index contributed by atoms with van der Waals surface area (Å²) in [5, 5.41) is 1.71. The van der Waals surface area contributed by atoms with Gasteiger partial charge in [-0.15, -0.1) is 0 Å². The zero-order valence-corrected chi connectivity index (χ0v) is 17.6. The normalized spacial score (nSPS) is 12.6. The molecule has 0 amide bonds. The van der Waals surface area contributed by atoms with E-state index in [0.717, 1.165) is 21.9 Å². The van der Waals surface area contributed by atoms with Crippen LogP contribution in [0.2, 0.25) is 0 Å². The Morgan fingerprint density at radius 1 is 0.774 bits per heavy atom. The van der Waals surface area contributed by atoms with Crippen LogP contribution in [0, 0.1) is 0 Å². The second kappa shape index (κ2) is 7.34. The maximum atomic E-state index is 13.0. The Hall–Kier alpha value is -3.48. The molecule has 0 fully saturated rings. The Balaban J connectivity index is 1.58. The molecule has 1 aliphatic carbocycles. The molecule has 0 radical (unpaired) electrons. The summed E-state index contributed by atoms with van der Waals surface area (Å²) < 4.78 is 32.8. The van der Waals surface area contributed by atoms with Gasteiger partial charge in [0.15, 0.2) is 5.78 Å². The van der Waals surface area contributed by atoms with E-state index in [-0.39, 0.29) is 10.7 Å². The van der Waals surface area contributed by atoms with Crippen LogP contribution in [0.1, 0.15) is 22.8 Å². The highest BCUT2D eigenvalue weighted by Crippen LogP contribution is 2.43. The molecule has 0 saturated carbocycles. The van der Waals surface area contributed by atoms with E-state index < -0.39 is 10.0 Å². The van der Waals surface area contributed by atoms with Crippen molar-refractivity contribution in [3.8, 4) is 22.6 Å². The molecule has 0 atom stereocenters. The average molecular weight is 429 g/mol. The Bertz CT molecular complexity index is 1440. The number of fused-ring (bicyclic) bond motifs is 2. The molecule has 5 rings (SSSR count). The number of sulfonamides is 1. The van der Waals surface area contributed by atoms with E-state index >= 15 is 0 Å². The summed E-state index contributed by atoms with van der Waals surface area (Å²) in [6.45, 7) is 2.05. The summed E-state index contributed by atoms with van der Waals surface area (Å²) in [6.07, 6.45) is 0. The second-order valence-electron chi connectivity index (χ2n) is 7.29. The Kier molecular flexibility index (Phi) is 4.61. The number of rotatable bonds is 5. The molecule has 0 unspecified atom stereocenters. The van der Waals surface area contributed by atoms with E-state index in [4.69, 9.17) is 4.74 Å². The minimum Gasteiger partial charge on any atom is -0.457 e. The summed E-state index contributed by atoms with van der Waals surface area (Å²) in [5.74, 6) is 1.12. The van der Waals surface area contributed by atoms with Gasteiger partial charge >= 0.3 is 0 Å². The van der Waals surface area contributed by atoms with E-state index in [1.54, 1.807) is 19.1 Å². The number of nitrogens with one attached hydrogen (secondary N) is 1. The van der Waals surface area contributed by atoms with E-state index in [9.17, 15) is 13.2 Å². The smallest absolute Gasteiger partial charge is 0.240 e. The highest BCUT2D eigenvalue weighted by Gasteiger charge is 2.25. The lowest BCUT2D eigenvalue weighted by atomic mass is 9.83. The summed E-state index contributed by atoms with van der Waals surface area (Å²) >= 11 is 0. The SMILES string of the molecule is CCNS(=O)(=O)c1ccc(Oc2ccc3c4c(cccc24)C(=O)c2ccccc2-3)cc1. The fourth-order valence-electron chi connectivity index (χ4n) is 4.03. The third-order valence-corrected chi connectivity index (χ3v) is 6.96. The number of carbonyl (C=O) groups excluding carboxylic acids is 1. The van der Waals surface area contributed by atoms with Crippen LogP contribution < -0.4 is 9.46 Å². The fourth-order valence-corrected chi connectivity index (χ4v) is 5.07. The van der Waals surface area contributed by atoms with Crippen LogP contribution in [-0.4, -0.2) is 20.7 Å². The van der Waals surface area contributed by atoms with Gasteiger partial charge in [0.25, 0.3) is 0 Å². The lowest BCUT2D eigenvalue weighted by Gasteiger charge is -2.21. The Morgan fingerprint density at radius 2 is 1.48 bits per heavy atom. The van der Waals surface area contributed by atoms with Crippen molar-refractivity contribution in [3.63, 3.8) is 0 Å². The number of ether oxygens (including phenoxy) is 1. The van der Waals surface area contributed by atoms with Crippen molar-refractivity contribution in [2.45, 2.75) is 11.8 Å². The molecule has 0 heterocycles. The Labute approximate surface area is 180 Å². The molecule has 0 aromatic heterocycles. The van der Waals surface area contributed by atoms with Gasteiger partial charge in [0, 0.05) is 28.4 Å². The first kappa shape index (κ1) is 19.5. The highest BCUT2D eigenvalue weighted by molar-refractivity contribution is 7.89. The third-order valence-electron chi connectivity index (χ3n) is 5.40. The van der Waals surface area contributed by atoms with Gasteiger partial charge in [-0.1, -0.05) is 49.4 Å². The third kappa shape index (κ3) is 3.21. The molecular formula is C25H19NO4S. The van der Waals surface area contributed by atoms with Gasteiger partial charge in [0.05, 0.1) is 4.90 Å². The van der Waals surface area contributed by atoms with Crippen molar-refractivity contribution in [3.05, 3.63) is 90.0 Å². The lowest BCUT2D eigenvalue weighted by Crippen LogP contribution is -2.22. The molecule has 1 N–H and O–H groups in total. The van der Waals surface area contributed by atoms with Crippen LogP contribution in [0.25, 0.3) is 21.9 Å². The number of hydrogen-bond donors (Lipinski definition) is 1. The van der Waals surface area contributed by atoms with Gasteiger partial charge in [-0.25, -0.2) is 13.1 Å². The minimum absolute atomic E-state index is 0.00355. The van der Waals surface area contributed by atoms with Crippen molar-refractivity contribution in [2.24, 2.45) is 0 Å². The van der Waals surface area contributed by atoms with Crippen molar-refractivity contribution in [1.82, 2.24) is 4.72 Å². The molecule has 0 spiro atoms. The van der Waals surface area contributed by atoms with Gasteiger partial charge < -0.3 is 4.74 Å². The summed E-state index contributed by atoms with van der Waals surface area (Å²) in [5.41, 5.74) is 3.28. The van der Waals surface area contributed by atoms with Crippen molar-refractivity contribution in [1.29, 1.82) is 0 Å². The summed E-state index contributed by atoms with van der Waals surface area (Å²) in [6, 6.07) is 23.4. The van der Waals surface area contributed by atoms with Crippen LogP contribution in [0.15, 0.2) is 83.8 Å². The van der Waals surface area contributed by atoms with E-state index in [1.807, 2.05) is 54.6 Å². The largest absolute Gasteiger partial charge is 0.457 e. The predicted octanol–water partition coefficient (Wildman–Crippen LogP) is 5.14. The zero-order chi connectivity index (χ0) is 21.6. The molecule has 31 heavy (non-hydrogen) atoms. The predicted molar refractivity (Wildman–Crippen MR) is 120 cm³/mol. The van der Waals surface area contributed by atoms with Crippen molar-refractivity contribution >= 4 is 26.6 Å². The summed E-state index contributed by atoms with van der Waals surface area (Å²) in [7, 11) is -3.52. The molecular weight excluding hydrogens is 410 g/mol. The first-order valence-corrected chi connectivity index (χ1v) is 11.5. The van der Waals surface area contributed by atoms with Crippen LogP contribution in [-0.2, 0) is 10.0 Å². The number of benzene rings is 4. The maximum absolute atomic E-state index is 13.0. The zero-order valence-electron chi connectivity index (χ0n) is 16.8. The molecule has 4 aromatic carbocycles. The second-order valence-corrected chi connectivity index (χ2v) is 9.06. The molecule has 6 heteroatoms. The monoisotopic (exact) mass is 429 g/mol. The fraction of sp³-hybridized carbons (Fsp3) is 0.0800. The standard InChI is InChI=1S/C25H19NO4S/c1-2-26-31(28,29)17-12-10-16(11-13-17)30-23-15-14-19-18-6-3-4-7-20(18)25(27)22-9-5-8-21(23)24(19)22/h3-15,26H,2H2,1H3. The lowest BCUT2D eigenvalue weighted by molar-refractivity contribution is 0.104. The first-order chi connectivity index (χ1) is 15.0. The van der Waals surface area contributed by atoms with Crippen LogP contribution in [0.5, 0.6) is 11.5 Å². The topological polar surface area (TPSA) is 72.5 Å². The maximum Gasteiger partial charge on any atom is 0.240 e. The van der Waals surface area contributed by atoms with E-state index in [0.29, 0.717) is 29.2 Å². The molecule has 5 nitrogen and oxygen atoms in total. The molecule has 0 bridgehead atoms. The minimum atomic E-state index is -3.52. The Morgan fingerprint density at radius 3 is 2.23 bits per heavy atom. The van der Waals surface area contributed by atoms with Crippen LogP contribution >= 0.6 is 0 Å². The first-order valence-electron chi connectivity index (χ1n) is 9.97. The molecule has 1 aliphatic rings. The summed E-state index contributed by atoms with van der Waals surface area (Å²) in [4.78, 5) is 13.2. The average Bonchev–Trinajstić information content (AvgIpc) is 2.78. The van der Waals surface area contributed by atoms with Crippen LogP contribution in [0.4, 0.5) is 0 Å². The van der Waals surface area contributed by atoms with Crippen LogP contribution in [0.3, 0.4) is 0 Å². The highest BCUT2D eigenvalue weighted by atomic mass is 32.2. The van der Waals surface area contributed by atoms with Gasteiger partial charge in [0.1, 0.15) is 11.5 Å². The van der Waals surface area contributed by atoms with Crippen molar-refractivity contribution in [2.75, 3.05) is 6.54 Å². The number of hydrogen-bond acceptors (Lipinski definition) is 4. The molecule has 0 saturated heterocycles. The molecule has 0 aliphatic heterocycles. The van der Waals surface area contributed by atoms with Crippen molar-refractivity contribution < 1.29 is 17.9 Å². The van der Waals surface area contributed by atoms with E-state index in [2.05, 4.69) is 4.72 Å². The van der Waals surface area contributed by atoms with E-state index in [1.165, 1.54) is 12.1 Å². The number of ketones is 1. The molecule has 4 aromatic rings. The van der Waals surface area contributed by atoms with Gasteiger partial charge in [-0.05, 0) is 47.5 Å². The number of carbonyl (C=O) groups is 1.